The lowest BCUT2D eigenvalue weighted by Gasteiger charge is -2.40. The molecule has 6 aliphatic rings. The third-order valence-corrected chi connectivity index (χ3v) is 15.2. The lowest BCUT2D eigenvalue weighted by Crippen LogP contribution is -2.53. The SMILES string of the molecule is CNC(=O)c1cccc(-c2ccc3c(N4CCOC[C@@H]4C)nc(N4CCOC5(COC(CNC(=O)c6cccc(-c7ccc8c(N9CCOC[C@@H]9C)nc(N9CCO[C@]%10(CCOC%10)C9)nc8n7)c6)C5)C4)nc3n2)c1. The van der Waals surface area contributed by atoms with Gasteiger partial charge in [0.1, 0.15) is 22.8 Å². The van der Waals surface area contributed by atoms with Crippen molar-refractivity contribution >= 4 is 57.4 Å². The molecule has 0 bridgehead atoms. The van der Waals surface area contributed by atoms with Crippen molar-refractivity contribution in [3.63, 3.8) is 0 Å². The second kappa shape index (κ2) is 20.2. The van der Waals surface area contributed by atoms with E-state index in [1.165, 1.54) is 0 Å². The fourth-order valence-corrected chi connectivity index (χ4v) is 11.2. The average molecular weight is 1010 g/mol. The highest BCUT2D eigenvalue weighted by Gasteiger charge is 2.46. The second-order valence-electron chi connectivity index (χ2n) is 20.4. The minimum Gasteiger partial charge on any atom is -0.378 e. The molecule has 386 valence electrons. The molecule has 6 aliphatic heterocycles. The zero-order valence-electron chi connectivity index (χ0n) is 42.1. The van der Waals surface area contributed by atoms with Gasteiger partial charge in [-0.3, -0.25) is 9.59 Å². The Morgan fingerprint density at radius 1 is 0.622 bits per heavy atom. The molecule has 2 amide bonds. The van der Waals surface area contributed by atoms with Crippen LogP contribution < -0.4 is 30.2 Å². The zero-order valence-corrected chi connectivity index (χ0v) is 42.1. The van der Waals surface area contributed by atoms with Crippen LogP contribution in [0.25, 0.3) is 44.6 Å². The summed E-state index contributed by atoms with van der Waals surface area (Å²) in [6.45, 7) is 13.4. The van der Waals surface area contributed by atoms with Gasteiger partial charge in [0.05, 0.1) is 106 Å². The van der Waals surface area contributed by atoms with E-state index in [2.05, 4.69) is 44.1 Å². The molecule has 20 nitrogen and oxygen atoms in total. The topological polar surface area (TPSA) is 204 Å². The fraction of sp³-hybridized carbons (Fsp3) is 0.481. The van der Waals surface area contributed by atoms with Crippen LogP contribution in [0.5, 0.6) is 0 Å². The average Bonchev–Trinajstić information content (AvgIpc) is 4.07. The maximum Gasteiger partial charge on any atom is 0.251 e. The Kier molecular flexibility index (Phi) is 13.2. The summed E-state index contributed by atoms with van der Waals surface area (Å²) < 4.78 is 36.5. The molecule has 4 aromatic heterocycles. The number of morpholine rings is 4. The maximum atomic E-state index is 13.9. The van der Waals surface area contributed by atoms with Crippen molar-refractivity contribution < 1.29 is 38.0 Å². The van der Waals surface area contributed by atoms with Gasteiger partial charge >= 0.3 is 0 Å². The van der Waals surface area contributed by atoms with Crippen molar-refractivity contribution in [3.8, 4) is 22.5 Å². The number of anilines is 4. The Labute approximate surface area is 429 Å². The molecule has 2 aromatic carbocycles. The van der Waals surface area contributed by atoms with Crippen molar-refractivity contribution in [2.75, 3.05) is 132 Å². The van der Waals surface area contributed by atoms with Gasteiger partial charge in [0.25, 0.3) is 11.8 Å². The predicted molar refractivity (Wildman–Crippen MR) is 278 cm³/mol. The zero-order chi connectivity index (χ0) is 50.4. The van der Waals surface area contributed by atoms with E-state index in [1.54, 1.807) is 13.1 Å². The molecule has 74 heavy (non-hydrogen) atoms. The van der Waals surface area contributed by atoms with Gasteiger partial charge in [-0.25, -0.2) is 9.97 Å². The molecule has 20 heteroatoms. The summed E-state index contributed by atoms with van der Waals surface area (Å²) in [6.07, 6.45) is 1.13. The molecule has 2 spiro atoms. The van der Waals surface area contributed by atoms with E-state index in [-0.39, 0.29) is 35.6 Å². The Morgan fingerprint density at radius 2 is 1.19 bits per heavy atom. The molecule has 2 N–H and O–H groups in total. The molecule has 12 rings (SSSR count). The molecular weight excluding hydrogens is 945 g/mol. The van der Waals surface area contributed by atoms with E-state index in [9.17, 15) is 9.59 Å². The van der Waals surface area contributed by atoms with Crippen molar-refractivity contribution in [1.82, 2.24) is 40.5 Å². The lowest BCUT2D eigenvalue weighted by atomic mass is 9.97. The molecule has 0 radical (unpaired) electrons. The van der Waals surface area contributed by atoms with Crippen LogP contribution in [-0.4, -0.2) is 183 Å². The molecular formula is C54H62N12O8. The Hall–Kier alpha value is -6.68. The largest absolute Gasteiger partial charge is 0.378 e. The first-order valence-corrected chi connectivity index (χ1v) is 25.9. The number of carbonyl (C=O) groups is 2. The van der Waals surface area contributed by atoms with E-state index >= 15 is 0 Å². The Bertz CT molecular complexity index is 3090. The number of amides is 2. The van der Waals surface area contributed by atoms with E-state index in [4.69, 9.17) is 58.3 Å². The smallest absolute Gasteiger partial charge is 0.251 e. The molecule has 6 fully saturated rings. The highest BCUT2D eigenvalue weighted by molar-refractivity contribution is 5.97. The van der Waals surface area contributed by atoms with Gasteiger partial charge in [0.2, 0.25) is 11.9 Å². The lowest BCUT2D eigenvalue weighted by molar-refractivity contribution is -0.0588. The molecule has 0 saturated carbocycles. The number of rotatable bonds is 10. The van der Waals surface area contributed by atoms with Gasteiger partial charge in [0.15, 0.2) is 11.3 Å². The van der Waals surface area contributed by atoms with Gasteiger partial charge in [-0.15, -0.1) is 0 Å². The molecule has 5 atom stereocenters. The van der Waals surface area contributed by atoms with Gasteiger partial charge in [0, 0.05) is 81.5 Å². The first kappa shape index (κ1) is 48.3. The summed E-state index contributed by atoms with van der Waals surface area (Å²) in [6, 6.07) is 23.2. The van der Waals surface area contributed by atoms with Crippen LogP contribution in [0, 0.1) is 0 Å². The normalized spacial score (nSPS) is 25.4. The summed E-state index contributed by atoms with van der Waals surface area (Å²) in [5.74, 6) is 2.43. The summed E-state index contributed by atoms with van der Waals surface area (Å²) in [4.78, 5) is 66.2. The van der Waals surface area contributed by atoms with Gasteiger partial charge in [-0.1, -0.05) is 24.3 Å². The number of hydrogen-bond donors (Lipinski definition) is 2. The van der Waals surface area contributed by atoms with Crippen LogP contribution in [0.3, 0.4) is 0 Å². The second-order valence-corrected chi connectivity index (χ2v) is 20.4. The molecule has 10 heterocycles. The number of ether oxygens (including phenoxy) is 6. The third-order valence-electron chi connectivity index (χ3n) is 15.2. The maximum absolute atomic E-state index is 13.9. The summed E-state index contributed by atoms with van der Waals surface area (Å²) in [5.41, 5.74) is 4.21. The first-order chi connectivity index (χ1) is 36.1. The molecule has 0 aliphatic carbocycles. The highest BCUT2D eigenvalue weighted by Crippen LogP contribution is 2.37. The van der Waals surface area contributed by atoms with Crippen LogP contribution in [0.4, 0.5) is 23.5 Å². The van der Waals surface area contributed by atoms with Crippen molar-refractivity contribution in [2.24, 2.45) is 0 Å². The third kappa shape index (κ3) is 9.54. The summed E-state index contributed by atoms with van der Waals surface area (Å²) >= 11 is 0. The van der Waals surface area contributed by atoms with E-state index in [1.807, 2.05) is 66.7 Å². The minimum absolute atomic E-state index is 0.0931. The quantitative estimate of drug-likeness (QED) is 0.196. The van der Waals surface area contributed by atoms with Crippen LogP contribution in [-0.2, 0) is 28.4 Å². The van der Waals surface area contributed by atoms with Crippen LogP contribution in [0.1, 0.15) is 47.4 Å². The monoisotopic (exact) mass is 1010 g/mol. The molecule has 6 aromatic rings. The Balaban J connectivity index is 0.752. The van der Waals surface area contributed by atoms with E-state index in [0.29, 0.717) is 157 Å². The molecule has 2 unspecified atom stereocenters. The number of nitrogens with one attached hydrogen (secondary N) is 2. The Morgan fingerprint density at radius 3 is 1.74 bits per heavy atom. The summed E-state index contributed by atoms with van der Waals surface area (Å²) in [5, 5.41) is 7.54. The van der Waals surface area contributed by atoms with Crippen molar-refractivity contribution in [2.45, 2.75) is 56.1 Å². The number of aromatic nitrogens is 6. The predicted octanol–water partition coefficient (Wildman–Crippen LogP) is 4.30. The van der Waals surface area contributed by atoms with Crippen LogP contribution >= 0.6 is 0 Å². The van der Waals surface area contributed by atoms with Gasteiger partial charge < -0.3 is 58.7 Å². The van der Waals surface area contributed by atoms with Gasteiger partial charge in [-0.2, -0.15) is 19.9 Å². The number of pyridine rings is 2. The minimum atomic E-state index is -0.632. The highest BCUT2D eigenvalue weighted by atomic mass is 16.6. The summed E-state index contributed by atoms with van der Waals surface area (Å²) in [7, 11) is 1.62. The first-order valence-electron chi connectivity index (χ1n) is 25.9. The fourth-order valence-electron chi connectivity index (χ4n) is 11.2. The van der Waals surface area contributed by atoms with E-state index in [0.717, 1.165) is 40.0 Å². The van der Waals surface area contributed by atoms with Crippen LogP contribution in [0.2, 0.25) is 0 Å². The number of fused-ring (bicyclic) bond motifs is 2. The van der Waals surface area contributed by atoms with Crippen molar-refractivity contribution in [3.05, 3.63) is 83.9 Å². The van der Waals surface area contributed by atoms with Crippen LogP contribution in [0.15, 0.2) is 72.8 Å². The number of benzene rings is 2. The van der Waals surface area contributed by atoms with Crippen molar-refractivity contribution in [1.29, 1.82) is 0 Å². The van der Waals surface area contributed by atoms with E-state index < -0.39 is 5.60 Å². The number of hydrogen-bond acceptors (Lipinski definition) is 18. The van der Waals surface area contributed by atoms with Gasteiger partial charge in [-0.05, 0) is 62.4 Å². The standard InChI is InChI=1S/C54H62N12O8/c1-34-28-69-20-17-65(34)47-41-11-13-44(58-45(41)59-51(61-47)63-15-22-73-53(30-63)14-19-71-32-53)37-7-5-9-39(25-37)50(68)56-27-40-26-54(33-72-40)31-64(16-23-74-54)52-60-46-42(48(62-52)66-18-21-70-29-35(66)2)10-12-43(57-46)36-6-4-8-38(24-36)49(67)55-3/h4-13,24-25,34-35,40H,14-23,26-33H2,1-3H3,(H,55,67)(H,56,68)/t34-,35-,40?,53+,54?/m0/s1. The number of nitrogens with zero attached hydrogens (tertiary/aromatic N) is 10. The molecule has 6 saturated heterocycles. The number of carbonyl (C=O) groups excluding carboxylic acids is 2.